The first-order chi connectivity index (χ1) is 9.76. The maximum absolute atomic E-state index is 5.51. The fourth-order valence-corrected chi connectivity index (χ4v) is 2.78. The van der Waals surface area contributed by atoms with Crippen LogP contribution in [0.25, 0.3) is 0 Å². The lowest BCUT2D eigenvalue weighted by Crippen LogP contribution is -2.32. The summed E-state index contributed by atoms with van der Waals surface area (Å²) >= 11 is 0. The van der Waals surface area contributed by atoms with Crippen LogP contribution in [-0.2, 0) is 0 Å². The predicted molar refractivity (Wildman–Crippen MR) is 87.4 cm³/mol. The minimum Gasteiger partial charge on any atom is -0.496 e. The van der Waals surface area contributed by atoms with E-state index in [4.69, 9.17) is 4.74 Å². The Bertz CT molecular complexity index is 364. The molecule has 0 spiro atoms. The fraction of sp³-hybridized carbons (Fsp3) is 0.667. The van der Waals surface area contributed by atoms with Gasteiger partial charge in [-0.2, -0.15) is 0 Å². The van der Waals surface area contributed by atoms with Crippen LogP contribution in [0.15, 0.2) is 24.3 Å². The fourth-order valence-electron chi connectivity index (χ4n) is 2.78. The maximum Gasteiger partial charge on any atom is 0.123 e. The minimum absolute atomic E-state index is 0.388. The van der Waals surface area contributed by atoms with Crippen LogP contribution < -0.4 is 10.1 Å². The Balaban J connectivity index is 2.77. The number of unbranched alkanes of at least 4 members (excludes halogenated alkanes) is 1. The standard InChI is InChI=1S/C18H31NO/c1-5-8-12-15(11-6-2)19-17(7-3)16-13-9-10-14-18(16)20-4/h9-10,13-15,17,19H,5-8,11-12H2,1-4H3. The van der Waals surface area contributed by atoms with Crippen molar-refractivity contribution in [2.24, 2.45) is 0 Å². The summed E-state index contributed by atoms with van der Waals surface area (Å²) < 4.78 is 5.51. The van der Waals surface area contributed by atoms with E-state index >= 15 is 0 Å². The summed E-state index contributed by atoms with van der Waals surface area (Å²) in [5.41, 5.74) is 1.29. The first kappa shape index (κ1) is 17.0. The zero-order chi connectivity index (χ0) is 14.8. The van der Waals surface area contributed by atoms with Gasteiger partial charge in [0.1, 0.15) is 5.75 Å². The molecule has 2 heteroatoms. The molecular weight excluding hydrogens is 246 g/mol. The van der Waals surface area contributed by atoms with E-state index in [1.807, 2.05) is 6.07 Å². The molecule has 0 aliphatic rings. The molecule has 0 amide bonds. The van der Waals surface area contributed by atoms with Crippen LogP contribution in [0.5, 0.6) is 5.75 Å². The molecule has 2 unspecified atom stereocenters. The Hall–Kier alpha value is -1.02. The lowest BCUT2D eigenvalue weighted by atomic mass is 9.99. The lowest BCUT2D eigenvalue weighted by Gasteiger charge is -2.26. The van der Waals surface area contributed by atoms with Crippen LogP contribution in [0.2, 0.25) is 0 Å². The van der Waals surface area contributed by atoms with E-state index in [1.54, 1.807) is 7.11 Å². The molecule has 20 heavy (non-hydrogen) atoms. The molecule has 0 heterocycles. The molecule has 0 saturated heterocycles. The summed E-state index contributed by atoms with van der Waals surface area (Å²) in [7, 11) is 1.76. The molecule has 0 aliphatic carbocycles. The normalized spacial score (nSPS) is 14.0. The van der Waals surface area contributed by atoms with Crippen molar-refractivity contribution < 1.29 is 4.74 Å². The Morgan fingerprint density at radius 2 is 1.80 bits per heavy atom. The monoisotopic (exact) mass is 277 g/mol. The van der Waals surface area contributed by atoms with E-state index < -0.39 is 0 Å². The Morgan fingerprint density at radius 1 is 1.05 bits per heavy atom. The molecule has 0 bridgehead atoms. The van der Waals surface area contributed by atoms with Crippen LogP contribution in [-0.4, -0.2) is 13.2 Å². The van der Waals surface area contributed by atoms with Crippen molar-refractivity contribution in [1.82, 2.24) is 5.32 Å². The number of hydrogen-bond acceptors (Lipinski definition) is 2. The van der Waals surface area contributed by atoms with E-state index in [-0.39, 0.29) is 0 Å². The van der Waals surface area contributed by atoms with Crippen LogP contribution in [0.1, 0.15) is 70.9 Å². The predicted octanol–water partition coefficient (Wildman–Crippen LogP) is 5.09. The molecule has 0 saturated carbocycles. The maximum atomic E-state index is 5.51. The molecule has 0 radical (unpaired) electrons. The summed E-state index contributed by atoms with van der Waals surface area (Å²) in [5.74, 6) is 0.998. The van der Waals surface area contributed by atoms with Crippen molar-refractivity contribution in [3.63, 3.8) is 0 Å². The second kappa shape index (κ2) is 9.82. The molecule has 0 aromatic heterocycles. The average molecular weight is 277 g/mol. The SMILES string of the molecule is CCCCC(CCC)NC(CC)c1ccccc1OC. The highest BCUT2D eigenvalue weighted by molar-refractivity contribution is 5.35. The number of ether oxygens (including phenoxy) is 1. The molecule has 0 aliphatic heterocycles. The number of benzene rings is 1. The average Bonchev–Trinajstić information content (AvgIpc) is 2.50. The molecule has 0 fully saturated rings. The van der Waals surface area contributed by atoms with Gasteiger partial charge in [-0.3, -0.25) is 0 Å². The van der Waals surface area contributed by atoms with Crippen molar-refractivity contribution in [2.45, 2.75) is 71.4 Å². The third-order valence-corrected chi connectivity index (χ3v) is 3.90. The minimum atomic E-state index is 0.388. The second-order valence-corrected chi connectivity index (χ2v) is 5.50. The highest BCUT2D eigenvalue weighted by Crippen LogP contribution is 2.28. The summed E-state index contributed by atoms with van der Waals surface area (Å²) in [6.07, 6.45) is 7.44. The van der Waals surface area contributed by atoms with Crippen LogP contribution in [0.3, 0.4) is 0 Å². The Morgan fingerprint density at radius 3 is 2.40 bits per heavy atom. The molecule has 1 rings (SSSR count). The summed E-state index contributed by atoms with van der Waals surface area (Å²) in [6.45, 7) is 6.78. The molecule has 1 aromatic carbocycles. The van der Waals surface area contributed by atoms with Gasteiger partial charge in [-0.25, -0.2) is 0 Å². The molecule has 2 atom stereocenters. The van der Waals surface area contributed by atoms with E-state index in [1.165, 1.54) is 37.7 Å². The summed E-state index contributed by atoms with van der Waals surface area (Å²) in [5, 5.41) is 3.85. The van der Waals surface area contributed by atoms with Gasteiger partial charge in [-0.15, -0.1) is 0 Å². The number of hydrogen-bond donors (Lipinski definition) is 1. The van der Waals surface area contributed by atoms with Crippen molar-refractivity contribution in [2.75, 3.05) is 7.11 Å². The largest absolute Gasteiger partial charge is 0.496 e. The van der Waals surface area contributed by atoms with Gasteiger partial charge in [0, 0.05) is 17.6 Å². The smallest absolute Gasteiger partial charge is 0.123 e. The van der Waals surface area contributed by atoms with Crippen molar-refractivity contribution in [3.8, 4) is 5.75 Å². The quantitative estimate of drug-likeness (QED) is 0.643. The zero-order valence-corrected chi connectivity index (χ0v) is 13.6. The van der Waals surface area contributed by atoms with Crippen molar-refractivity contribution in [3.05, 3.63) is 29.8 Å². The Kier molecular flexibility index (Phi) is 8.36. The summed E-state index contributed by atoms with van der Waals surface area (Å²) in [6, 6.07) is 9.39. The van der Waals surface area contributed by atoms with Crippen LogP contribution in [0, 0.1) is 0 Å². The van der Waals surface area contributed by atoms with Crippen molar-refractivity contribution >= 4 is 0 Å². The number of rotatable bonds is 10. The highest BCUT2D eigenvalue weighted by atomic mass is 16.5. The molecule has 2 nitrogen and oxygen atoms in total. The zero-order valence-electron chi connectivity index (χ0n) is 13.6. The van der Waals surface area contributed by atoms with E-state index in [0.717, 1.165) is 12.2 Å². The number of para-hydroxylation sites is 1. The highest BCUT2D eigenvalue weighted by Gasteiger charge is 2.17. The first-order valence-corrected chi connectivity index (χ1v) is 8.15. The van der Waals surface area contributed by atoms with Gasteiger partial charge in [-0.05, 0) is 25.3 Å². The number of methoxy groups -OCH3 is 1. The van der Waals surface area contributed by atoms with E-state index in [2.05, 4.69) is 44.3 Å². The van der Waals surface area contributed by atoms with Crippen LogP contribution in [0.4, 0.5) is 0 Å². The summed E-state index contributed by atoms with van der Waals surface area (Å²) in [4.78, 5) is 0. The third-order valence-electron chi connectivity index (χ3n) is 3.90. The second-order valence-electron chi connectivity index (χ2n) is 5.50. The van der Waals surface area contributed by atoms with Gasteiger partial charge in [0.05, 0.1) is 7.11 Å². The van der Waals surface area contributed by atoms with Crippen molar-refractivity contribution in [1.29, 1.82) is 0 Å². The molecular formula is C18H31NO. The van der Waals surface area contributed by atoms with Gasteiger partial charge in [0.25, 0.3) is 0 Å². The van der Waals surface area contributed by atoms with Gasteiger partial charge in [-0.1, -0.05) is 58.2 Å². The van der Waals surface area contributed by atoms with Crippen LogP contribution >= 0.6 is 0 Å². The molecule has 114 valence electrons. The lowest BCUT2D eigenvalue weighted by molar-refractivity contribution is 0.358. The molecule has 1 aromatic rings. The van der Waals surface area contributed by atoms with Gasteiger partial charge < -0.3 is 10.1 Å². The molecule has 1 N–H and O–H groups in total. The third kappa shape index (κ3) is 5.16. The van der Waals surface area contributed by atoms with Gasteiger partial charge in [0.2, 0.25) is 0 Å². The van der Waals surface area contributed by atoms with Gasteiger partial charge >= 0.3 is 0 Å². The van der Waals surface area contributed by atoms with E-state index in [0.29, 0.717) is 12.1 Å². The van der Waals surface area contributed by atoms with E-state index in [9.17, 15) is 0 Å². The first-order valence-electron chi connectivity index (χ1n) is 8.15. The Labute approximate surface area is 124 Å². The van der Waals surface area contributed by atoms with Gasteiger partial charge in [0.15, 0.2) is 0 Å². The number of nitrogens with one attached hydrogen (secondary N) is 1. The topological polar surface area (TPSA) is 21.3 Å².